The van der Waals surface area contributed by atoms with E-state index in [0.717, 1.165) is 54.6 Å². The lowest BCUT2D eigenvalue weighted by Gasteiger charge is -2.46. The highest BCUT2D eigenvalue weighted by molar-refractivity contribution is 9.12. The van der Waals surface area contributed by atoms with Crippen molar-refractivity contribution in [1.82, 2.24) is 19.9 Å². The van der Waals surface area contributed by atoms with Crippen LogP contribution in [0.3, 0.4) is 0 Å². The molecule has 0 bridgehead atoms. The van der Waals surface area contributed by atoms with Crippen LogP contribution in [-0.4, -0.2) is 38.9 Å². The predicted molar refractivity (Wildman–Crippen MR) is 142 cm³/mol. The first-order valence-electron chi connectivity index (χ1n) is 12.7. The number of Topliss-reactive ketones (excluding diaryl/α,β-unsaturated/α-hetero) is 1. The maximum atomic E-state index is 12.9. The summed E-state index contributed by atoms with van der Waals surface area (Å²) in [4.78, 5) is 34.8. The molecule has 1 atom stereocenters. The monoisotopic (exact) mass is 561 g/mol. The Labute approximate surface area is 223 Å². The van der Waals surface area contributed by atoms with Gasteiger partial charge in [-0.3, -0.25) is 9.36 Å². The van der Waals surface area contributed by atoms with Gasteiger partial charge in [-0.1, -0.05) is 31.4 Å². The van der Waals surface area contributed by atoms with E-state index in [1.165, 1.54) is 0 Å². The second-order valence-corrected chi connectivity index (χ2v) is 10.3. The topological polar surface area (TPSA) is 110 Å². The van der Waals surface area contributed by atoms with Crippen LogP contribution < -0.4 is 5.32 Å². The molecule has 0 unspecified atom stereocenters. The SMILES string of the molecule is CCOC(=O)[C@H](Cc1ccc(-n2c(CC#N)nc3cccnc32)cc1)NC1=C(Br)C(=O)C12CCCCC2. The van der Waals surface area contributed by atoms with Crippen molar-refractivity contribution in [2.24, 2.45) is 5.41 Å². The number of carbonyl (C=O) groups is 2. The maximum absolute atomic E-state index is 12.9. The van der Waals surface area contributed by atoms with Gasteiger partial charge >= 0.3 is 5.97 Å². The zero-order chi connectivity index (χ0) is 26.0. The number of pyridine rings is 1. The van der Waals surface area contributed by atoms with E-state index in [0.29, 0.717) is 22.4 Å². The Morgan fingerprint density at radius 3 is 2.70 bits per heavy atom. The van der Waals surface area contributed by atoms with Gasteiger partial charge in [0.2, 0.25) is 0 Å². The first kappa shape index (κ1) is 25.2. The molecule has 0 aliphatic heterocycles. The smallest absolute Gasteiger partial charge is 0.328 e. The molecular weight excluding hydrogens is 534 g/mol. The molecule has 0 saturated heterocycles. The second-order valence-electron chi connectivity index (χ2n) is 9.52. The third-order valence-electron chi connectivity index (χ3n) is 7.29. The minimum atomic E-state index is -0.620. The number of nitriles is 1. The maximum Gasteiger partial charge on any atom is 0.328 e. The van der Waals surface area contributed by atoms with E-state index >= 15 is 0 Å². The Morgan fingerprint density at radius 2 is 2.00 bits per heavy atom. The number of ketones is 1. The lowest BCUT2D eigenvalue weighted by Crippen LogP contribution is -2.53. The van der Waals surface area contributed by atoms with E-state index < -0.39 is 11.5 Å². The summed E-state index contributed by atoms with van der Waals surface area (Å²) >= 11 is 3.45. The third kappa shape index (κ3) is 4.55. The van der Waals surface area contributed by atoms with Crippen molar-refractivity contribution in [3.05, 3.63) is 64.2 Å². The van der Waals surface area contributed by atoms with Crippen molar-refractivity contribution in [3.8, 4) is 11.8 Å². The number of nitrogens with one attached hydrogen (secondary N) is 1. The van der Waals surface area contributed by atoms with Crippen molar-refractivity contribution in [2.75, 3.05) is 6.61 Å². The van der Waals surface area contributed by atoms with Gasteiger partial charge in [0.15, 0.2) is 11.4 Å². The number of fused-ring (bicyclic) bond motifs is 1. The molecule has 3 aromatic rings. The van der Waals surface area contributed by atoms with E-state index in [1.807, 2.05) is 41.0 Å². The van der Waals surface area contributed by atoms with Crippen LogP contribution in [0.15, 0.2) is 52.8 Å². The van der Waals surface area contributed by atoms with Crippen LogP contribution >= 0.6 is 15.9 Å². The van der Waals surface area contributed by atoms with Crippen LogP contribution in [0.25, 0.3) is 16.9 Å². The average Bonchev–Trinajstić information content (AvgIpc) is 3.29. The molecule has 0 radical (unpaired) electrons. The Hall–Kier alpha value is -3.51. The molecule has 1 spiro atoms. The zero-order valence-corrected chi connectivity index (χ0v) is 22.3. The highest BCUT2D eigenvalue weighted by Crippen LogP contribution is 2.53. The number of benzene rings is 1. The Kier molecular flexibility index (Phi) is 7.11. The molecule has 2 aliphatic carbocycles. The molecule has 2 aromatic heterocycles. The Balaban J connectivity index is 1.41. The average molecular weight is 562 g/mol. The Morgan fingerprint density at radius 1 is 1.24 bits per heavy atom. The minimum absolute atomic E-state index is 0.135. The van der Waals surface area contributed by atoms with Crippen LogP contribution in [0.4, 0.5) is 0 Å². The number of carbonyl (C=O) groups excluding carboxylic acids is 2. The number of rotatable bonds is 8. The highest BCUT2D eigenvalue weighted by atomic mass is 79.9. The molecule has 1 aromatic carbocycles. The molecular formula is C28H28BrN5O3. The molecule has 37 heavy (non-hydrogen) atoms. The Bertz CT molecular complexity index is 1410. The fourth-order valence-electron chi connectivity index (χ4n) is 5.47. The van der Waals surface area contributed by atoms with Crippen molar-refractivity contribution >= 4 is 38.8 Å². The third-order valence-corrected chi connectivity index (χ3v) is 8.04. The number of hydrogen-bond acceptors (Lipinski definition) is 7. The number of esters is 1. The number of ether oxygens (including phenoxy) is 1. The molecule has 1 saturated carbocycles. The van der Waals surface area contributed by atoms with Crippen molar-refractivity contribution in [3.63, 3.8) is 0 Å². The number of allylic oxidation sites excluding steroid dienone is 2. The molecule has 0 amide bonds. The molecule has 190 valence electrons. The van der Waals surface area contributed by atoms with Gasteiger partial charge in [0.05, 0.1) is 29.0 Å². The summed E-state index contributed by atoms with van der Waals surface area (Å²) in [6, 6.07) is 13.1. The largest absolute Gasteiger partial charge is 0.464 e. The summed E-state index contributed by atoms with van der Waals surface area (Å²) < 4.78 is 7.81. The van der Waals surface area contributed by atoms with E-state index in [9.17, 15) is 14.9 Å². The number of aromatic nitrogens is 3. The van der Waals surface area contributed by atoms with Gasteiger partial charge in [0.1, 0.15) is 17.4 Å². The minimum Gasteiger partial charge on any atom is -0.464 e. The fourth-order valence-corrected chi connectivity index (χ4v) is 6.34. The molecule has 8 nitrogen and oxygen atoms in total. The van der Waals surface area contributed by atoms with Crippen LogP contribution in [0.1, 0.15) is 50.4 Å². The molecule has 1 N–H and O–H groups in total. The normalized spacial score (nSPS) is 17.4. The van der Waals surface area contributed by atoms with Gasteiger partial charge < -0.3 is 10.1 Å². The van der Waals surface area contributed by atoms with Crippen molar-refractivity contribution in [2.45, 2.75) is 57.9 Å². The van der Waals surface area contributed by atoms with Gasteiger partial charge in [-0.2, -0.15) is 5.26 Å². The number of imidazole rings is 1. The lowest BCUT2D eigenvalue weighted by molar-refractivity contribution is -0.146. The van der Waals surface area contributed by atoms with E-state index in [2.05, 4.69) is 37.3 Å². The highest BCUT2D eigenvalue weighted by Gasteiger charge is 2.53. The lowest BCUT2D eigenvalue weighted by atomic mass is 9.62. The standard InChI is InChI=1S/C28H28BrN5O3/c1-2-37-27(36)21(33-24-23(29)25(35)28(24)13-4-3-5-14-28)17-18-8-10-19(11-9-18)34-22(12-15-30)32-20-7-6-16-31-26(20)34/h6-11,16,21,33H,2-5,12-14,17H2,1H3/t21-/m0/s1. The summed E-state index contributed by atoms with van der Waals surface area (Å²) in [5.41, 5.74) is 3.53. The molecule has 1 fully saturated rings. The van der Waals surface area contributed by atoms with Gasteiger partial charge in [0, 0.05) is 24.0 Å². The number of hydrogen-bond donors (Lipinski definition) is 1. The summed E-state index contributed by atoms with van der Waals surface area (Å²) in [7, 11) is 0. The van der Waals surface area contributed by atoms with E-state index in [4.69, 9.17) is 4.74 Å². The summed E-state index contributed by atoms with van der Waals surface area (Å²) in [5.74, 6) is 0.418. The van der Waals surface area contributed by atoms with Crippen LogP contribution in [0.2, 0.25) is 0 Å². The quantitative estimate of drug-likeness (QED) is 0.397. The number of halogens is 1. The molecule has 2 aliphatic rings. The molecule has 5 rings (SSSR count). The van der Waals surface area contributed by atoms with Crippen molar-refractivity contribution < 1.29 is 14.3 Å². The summed E-state index contributed by atoms with van der Waals surface area (Å²) in [6.07, 6.45) is 7.04. The number of nitrogens with zero attached hydrogens (tertiary/aromatic N) is 4. The summed E-state index contributed by atoms with van der Waals surface area (Å²) in [6.45, 7) is 2.07. The van der Waals surface area contributed by atoms with Crippen LogP contribution in [0, 0.1) is 16.7 Å². The molecule has 9 heteroatoms. The zero-order valence-electron chi connectivity index (χ0n) is 20.7. The van der Waals surface area contributed by atoms with Gasteiger partial charge in [-0.25, -0.2) is 14.8 Å². The van der Waals surface area contributed by atoms with E-state index in [-0.39, 0.29) is 24.8 Å². The van der Waals surface area contributed by atoms with Gasteiger partial charge in [-0.05, 0) is 65.5 Å². The van der Waals surface area contributed by atoms with Crippen molar-refractivity contribution in [1.29, 1.82) is 5.26 Å². The first-order valence-corrected chi connectivity index (χ1v) is 13.4. The first-order chi connectivity index (χ1) is 18.0. The van der Waals surface area contributed by atoms with Gasteiger partial charge in [-0.15, -0.1) is 0 Å². The van der Waals surface area contributed by atoms with E-state index in [1.54, 1.807) is 13.1 Å². The van der Waals surface area contributed by atoms with Crippen LogP contribution in [-0.2, 0) is 27.2 Å². The predicted octanol–water partition coefficient (Wildman–Crippen LogP) is 4.69. The molecule has 2 heterocycles. The second kappa shape index (κ2) is 10.5. The van der Waals surface area contributed by atoms with Crippen LogP contribution in [0.5, 0.6) is 0 Å². The fraction of sp³-hybridized carbons (Fsp3) is 0.393. The summed E-state index contributed by atoms with van der Waals surface area (Å²) in [5, 5.41) is 12.7. The van der Waals surface area contributed by atoms with Gasteiger partial charge in [0.25, 0.3) is 0 Å².